The predicted molar refractivity (Wildman–Crippen MR) is 84.7 cm³/mol. The Kier molecular flexibility index (Phi) is 5.01. The van der Waals surface area contributed by atoms with Gasteiger partial charge in [0.1, 0.15) is 12.4 Å². The number of aryl methyl sites for hydroxylation is 1. The second-order valence-corrected chi connectivity index (χ2v) is 5.03. The molecule has 2 rings (SSSR count). The Morgan fingerprint density at radius 2 is 2.05 bits per heavy atom. The molecule has 0 fully saturated rings. The molecule has 21 heavy (non-hydrogen) atoms. The summed E-state index contributed by atoms with van der Waals surface area (Å²) in [6.45, 7) is 2.47. The first-order chi connectivity index (χ1) is 10.1. The highest BCUT2D eigenvalue weighted by atomic mass is 35.5. The minimum Gasteiger partial charge on any atom is -0.488 e. The van der Waals surface area contributed by atoms with E-state index >= 15 is 0 Å². The smallest absolute Gasteiger partial charge is 0.328 e. The molecule has 108 valence electrons. The topological polar surface area (TPSA) is 46.5 Å². The number of halogens is 1. The molecule has 0 spiro atoms. The van der Waals surface area contributed by atoms with Gasteiger partial charge in [-0.15, -0.1) is 0 Å². The largest absolute Gasteiger partial charge is 0.488 e. The predicted octanol–water partition coefficient (Wildman–Crippen LogP) is 4.18. The van der Waals surface area contributed by atoms with Gasteiger partial charge in [0.2, 0.25) is 0 Å². The molecule has 0 saturated heterocycles. The van der Waals surface area contributed by atoms with Gasteiger partial charge in [-0.1, -0.05) is 42.0 Å². The zero-order valence-corrected chi connectivity index (χ0v) is 12.3. The molecular formula is C17H15ClO3. The highest BCUT2D eigenvalue weighted by Crippen LogP contribution is 2.32. The summed E-state index contributed by atoms with van der Waals surface area (Å²) in [5.41, 5.74) is 3.02. The highest BCUT2D eigenvalue weighted by Gasteiger charge is 2.12. The molecule has 0 radical (unpaired) electrons. The highest BCUT2D eigenvalue weighted by molar-refractivity contribution is 6.30. The Bertz CT molecular complexity index is 667. The van der Waals surface area contributed by atoms with Gasteiger partial charge < -0.3 is 9.84 Å². The Morgan fingerprint density at radius 3 is 2.81 bits per heavy atom. The number of rotatable bonds is 4. The van der Waals surface area contributed by atoms with Gasteiger partial charge in [-0.05, 0) is 36.3 Å². The Balaban J connectivity index is 2.09. The number of aliphatic carboxylic acids is 1. The Labute approximate surface area is 128 Å². The molecule has 1 aliphatic rings. The third-order valence-electron chi connectivity index (χ3n) is 2.87. The van der Waals surface area contributed by atoms with Gasteiger partial charge in [-0.3, -0.25) is 0 Å². The van der Waals surface area contributed by atoms with Crippen molar-refractivity contribution in [2.45, 2.75) is 6.92 Å². The minimum absolute atomic E-state index is 0.505. The van der Waals surface area contributed by atoms with Crippen molar-refractivity contribution in [1.29, 1.82) is 0 Å². The summed E-state index contributed by atoms with van der Waals surface area (Å²) >= 11 is 6.05. The zero-order valence-electron chi connectivity index (χ0n) is 11.5. The van der Waals surface area contributed by atoms with Crippen molar-refractivity contribution in [2.24, 2.45) is 0 Å². The second kappa shape index (κ2) is 6.95. The van der Waals surface area contributed by atoms with Crippen molar-refractivity contribution in [2.75, 3.05) is 6.61 Å². The SMILES string of the molecule is Cc1cc(Cl)cc2c1OCC(/C=C/C=C/C=C/C(=O)O)=C2. The lowest BCUT2D eigenvalue weighted by molar-refractivity contribution is -0.131. The first-order valence-electron chi connectivity index (χ1n) is 6.44. The molecule has 0 aliphatic carbocycles. The molecule has 0 aromatic heterocycles. The van der Waals surface area contributed by atoms with Crippen LogP contribution in [0.4, 0.5) is 0 Å². The van der Waals surface area contributed by atoms with E-state index in [-0.39, 0.29) is 0 Å². The van der Waals surface area contributed by atoms with E-state index in [1.165, 1.54) is 6.08 Å². The molecular weight excluding hydrogens is 288 g/mol. The molecule has 1 heterocycles. The van der Waals surface area contributed by atoms with Crippen LogP contribution in [0.5, 0.6) is 5.75 Å². The van der Waals surface area contributed by atoms with E-state index in [1.54, 1.807) is 12.2 Å². The van der Waals surface area contributed by atoms with E-state index in [9.17, 15) is 4.79 Å². The van der Waals surface area contributed by atoms with Gasteiger partial charge in [0.05, 0.1) is 0 Å². The molecule has 0 unspecified atom stereocenters. The van der Waals surface area contributed by atoms with E-state index in [4.69, 9.17) is 21.4 Å². The fourth-order valence-corrected chi connectivity index (χ4v) is 2.28. The lowest BCUT2D eigenvalue weighted by Crippen LogP contribution is -2.07. The van der Waals surface area contributed by atoms with Crippen LogP contribution >= 0.6 is 11.6 Å². The fraction of sp³-hybridized carbons (Fsp3) is 0.118. The number of hydrogen-bond donors (Lipinski definition) is 1. The molecule has 0 amide bonds. The van der Waals surface area contributed by atoms with E-state index in [0.717, 1.165) is 28.5 Å². The summed E-state index contributed by atoms with van der Waals surface area (Å²) in [6, 6.07) is 3.76. The summed E-state index contributed by atoms with van der Waals surface area (Å²) in [4.78, 5) is 10.3. The van der Waals surface area contributed by atoms with Crippen LogP contribution in [-0.4, -0.2) is 17.7 Å². The van der Waals surface area contributed by atoms with Crippen molar-refractivity contribution in [3.8, 4) is 5.75 Å². The minimum atomic E-state index is -0.962. The van der Waals surface area contributed by atoms with E-state index in [2.05, 4.69) is 0 Å². The Morgan fingerprint density at radius 1 is 1.29 bits per heavy atom. The molecule has 0 saturated carbocycles. The van der Waals surface area contributed by atoms with Crippen LogP contribution < -0.4 is 4.74 Å². The van der Waals surface area contributed by atoms with Crippen LogP contribution in [0.15, 0.2) is 54.2 Å². The number of carboxylic acids is 1. The summed E-state index contributed by atoms with van der Waals surface area (Å²) < 4.78 is 5.74. The molecule has 0 bridgehead atoms. The average Bonchev–Trinajstić information content (AvgIpc) is 2.41. The quantitative estimate of drug-likeness (QED) is 0.670. The molecule has 1 N–H and O–H groups in total. The molecule has 1 aromatic carbocycles. The summed E-state index contributed by atoms with van der Waals surface area (Å²) in [7, 11) is 0. The van der Waals surface area contributed by atoms with Gasteiger partial charge in [0, 0.05) is 16.7 Å². The van der Waals surface area contributed by atoms with Crippen molar-refractivity contribution in [3.63, 3.8) is 0 Å². The van der Waals surface area contributed by atoms with Gasteiger partial charge in [-0.25, -0.2) is 4.79 Å². The van der Waals surface area contributed by atoms with Crippen LogP contribution in [-0.2, 0) is 4.79 Å². The van der Waals surface area contributed by atoms with Crippen LogP contribution in [0.1, 0.15) is 11.1 Å². The van der Waals surface area contributed by atoms with Gasteiger partial charge in [0.15, 0.2) is 0 Å². The zero-order chi connectivity index (χ0) is 15.2. The third-order valence-corrected chi connectivity index (χ3v) is 3.09. The number of carboxylic acid groups (broad SMARTS) is 1. The van der Waals surface area contributed by atoms with Crippen molar-refractivity contribution >= 4 is 23.6 Å². The number of benzene rings is 1. The monoisotopic (exact) mass is 302 g/mol. The molecule has 1 aromatic rings. The van der Waals surface area contributed by atoms with Gasteiger partial charge in [0.25, 0.3) is 0 Å². The molecule has 3 nitrogen and oxygen atoms in total. The van der Waals surface area contributed by atoms with Gasteiger partial charge >= 0.3 is 5.97 Å². The maximum atomic E-state index is 10.3. The summed E-state index contributed by atoms with van der Waals surface area (Å²) in [5, 5.41) is 9.13. The summed E-state index contributed by atoms with van der Waals surface area (Å²) in [6.07, 6.45) is 11.8. The maximum absolute atomic E-state index is 10.3. The lowest BCUT2D eigenvalue weighted by Gasteiger charge is -2.18. The number of carbonyl (C=O) groups is 1. The van der Waals surface area contributed by atoms with Gasteiger partial charge in [-0.2, -0.15) is 0 Å². The lowest BCUT2D eigenvalue weighted by atomic mass is 10.0. The number of ether oxygens (including phenoxy) is 1. The third kappa shape index (κ3) is 4.36. The van der Waals surface area contributed by atoms with E-state index < -0.39 is 5.97 Å². The fourth-order valence-electron chi connectivity index (χ4n) is 2.00. The number of allylic oxidation sites excluding steroid dienone is 4. The normalized spacial score (nSPS) is 14.5. The van der Waals surface area contributed by atoms with Crippen molar-refractivity contribution < 1.29 is 14.6 Å². The van der Waals surface area contributed by atoms with E-state index in [1.807, 2.05) is 37.3 Å². The van der Waals surface area contributed by atoms with Crippen molar-refractivity contribution in [1.82, 2.24) is 0 Å². The first kappa shape index (κ1) is 15.1. The first-order valence-corrected chi connectivity index (χ1v) is 6.82. The van der Waals surface area contributed by atoms with Crippen LogP contribution in [0.25, 0.3) is 6.08 Å². The number of hydrogen-bond acceptors (Lipinski definition) is 2. The number of fused-ring (bicyclic) bond motifs is 1. The molecule has 0 atom stereocenters. The van der Waals surface area contributed by atoms with Crippen LogP contribution in [0.3, 0.4) is 0 Å². The van der Waals surface area contributed by atoms with E-state index in [0.29, 0.717) is 11.6 Å². The summed E-state index contributed by atoms with van der Waals surface area (Å²) in [5.74, 6) is -0.0904. The standard InChI is InChI=1S/C17H15ClO3/c1-12-8-15(18)10-14-9-13(11-21-17(12)14)6-4-2-3-5-7-16(19)20/h2-10H,11H2,1H3,(H,19,20)/b3-2+,6-4+,7-5+. The van der Waals surface area contributed by atoms with Crippen molar-refractivity contribution in [3.05, 3.63) is 70.3 Å². The average molecular weight is 303 g/mol. The second-order valence-electron chi connectivity index (χ2n) is 4.59. The maximum Gasteiger partial charge on any atom is 0.328 e. The molecule has 4 heteroatoms. The Hall–Kier alpha value is -2.26. The van der Waals surface area contributed by atoms with Crippen LogP contribution in [0, 0.1) is 6.92 Å². The van der Waals surface area contributed by atoms with Crippen LogP contribution in [0.2, 0.25) is 5.02 Å². The molecule has 1 aliphatic heterocycles.